The molecule has 24 heavy (non-hydrogen) atoms. The highest BCUT2D eigenvalue weighted by Gasteiger charge is 2.20. The SMILES string of the molecule is C1CCNCC1.Cc1ccc(C(=O)c2ccccc2)c([N+](=O)[O-])c1. The van der Waals surface area contributed by atoms with Gasteiger partial charge in [-0.25, -0.2) is 0 Å². The number of nitrogens with zero attached hydrogens (tertiary/aromatic N) is 1. The van der Waals surface area contributed by atoms with Crippen molar-refractivity contribution in [2.75, 3.05) is 13.1 Å². The molecule has 126 valence electrons. The van der Waals surface area contributed by atoms with E-state index >= 15 is 0 Å². The lowest BCUT2D eigenvalue weighted by atomic mass is 10.0. The molecule has 0 radical (unpaired) electrons. The molecule has 1 saturated heterocycles. The Morgan fingerprint density at radius 3 is 2.21 bits per heavy atom. The van der Waals surface area contributed by atoms with E-state index in [1.165, 1.54) is 44.5 Å². The van der Waals surface area contributed by atoms with Gasteiger partial charge in [0, 0.05) is 11.6 Å². The fourth-order valence-electron chi connectivity index (χ4n) is 2.53. The van der Waals surface area contributed by atoms with E-state index in [0.717, 1.165) is 5.56 Å². The molecule has 2 aromatic carbocycles. The standard InChI is InChI=1S/C14H11NO3.C5H11N/c1-10-7-8-12(13(9-10)15(17)18)14(16)11-5-3-2-4-6-11;1-2-4-6-5-3-1/h2-9H,1H3;6H,1-5H2. The monoisotopic (exact) mass is 326 g/mol. The molecule has 3 rings (SSSR count). The topological polar surface area (TPSA) is 72.2 Å². The van der Waals surface area contributed by atoms with Crippen molar-refractivity contribution >= 4 is 11.5 Å². The smallest absolute Gasteiger partial charge is 0.280 e. The molecule has 1 aliphatic rings. The van der Waals surface area contributed by atoms with Crippen LogP contribution in [-0.2, 0) is 0 Å². The number of carbonyl (C=O) groups excluding carboxylic acids is 1. The first kappa shape index (κ1) is 17.8. The summed E-state index contributed by atoms with van der Waals surface area (Å²) in [7, 11) is 0. The van der Waals surface area contributed by atoms with Crippen molar-refractivity contribution in [3.8, 4) is 0 Å². The van der Waals surface area contributed by atoms with E-state index in [0.29, 0.717) is 5.56 Å². The summed E-state index contributed by atoms with van der Waals surface area (Å²) in [6, 6.07) is 13.2. The Labute approximate surface area is 141 Å². The van der Waals surface area contributed by atoms with Crippen LogP contribution in [0.5, 0.6) is 0 Å². The number of benzene rings is 2. The van der Waals surface area contributed by atoms with Gasteiger partial charge in [-0.15, -0.1) is 0 Å². The lowest BCUT2D eigenvalue weighted by Crippen LogP contribution is -2.21. The van der Waals surface area contributed by atoms with Gasteiger partial charge >= 0.3 is 0 Å². The molecule has 1 fully saturated rings. The van der Waals surface area contributed by atoms with Gasteiger partial charge in [0.25, 0.3) is 5.69 Å². The van der Waals surface area contributed by atoms with E-state index in [1.807, 2.05) is 0 Å². The van der Waals surface area contributed by atoms with Crippen LogP contribution in [0.25, 0.3) is 0 Å². The molecule has 5 nitrogen and oxygen atoms in total. The summed E-state index contributed by atoms with van der Waals surface area (Å²) in [5.41, 5.74) is 1.18. The fraction of sp³-hybridized carbons (Fsp3) is 0.316. The zero-order valence-corrected chi connectivity index (χ0v) is 13.8. The van der Waals surface area contributed by atoms with Crippen molar-refractivity contribution in [2.24, 2.45) is 0 Å². The third-order valence-corrected chi connectivity index (χ3v) is 3.84. The molecule has 0 unspecified atom stereocenters. The van der Waals surface area contributed by atoms with Gasteiger partial charge in [0.2, 0.25) is 0 Å². The highest BCUT2D eigenvalue weighted by atomic mass is 16.6. The van der Waals surface area contributed by atoms with Crippen molar-refractivity contribution in [3.05, 3.63) is 75.3 Å². The Morgan fingerprint density at radius 1 is 1.04 bits per heavy atom. The Kier molecular flexibility index (Phi) is 6.63. The molecule has 0 bridgehead atoms. The van der Waals surface area contributed by atoms with Crippen LogP contribution in [0.3, 0.4) is 0 Å². The van der Waals surface area contributed by atoms with E-state index in [2.05, 4.69) is 5.32 Å². The number of ketones is 1. The van der Waals surface area contributed by atoms with Gasteiger partial charge in [0.1, 0.15) is 5.56 Å². The highest BCUT2D eigenvalue weighted by molar-refractivity contribution is 6.11. The zero-order valence-electron chi connectivity index (χ0n) is 13.8. The summed E-state index contributed by atoms with van der Waals surface area (Å²) < 4.78 is 0. The second kappa shape index (κ2) is 8.93. The minimum atomic E-state index is -0.525. The predicted molar refractivity (Wildman–Crippen MR) is 94.4 cm³/mol. The van der Waals surface area contributed by atoms with E-state index in [1.54, 1.807) is 43.3 Å². The Hall–Kier alpha value is -2.53. The second-order valence-corrected chi connectivity index (χ2v) is 5.78. The molecule has 1 aliphatic heterocycles. The molecule has 0 aliphatic carbocycles. The molecule has 2 aromatic rings. The summed E-state index contributed by atoms with van der Waals surface area (Å²) in [6.45, 7) is 4.25. The molecule has 0 amide bonds. The van der Waals surface area contributed by atoms with Crippen LogP contribution in [0, 0.1) is 17.0 Å². The van der Waals surface area contributed by atoms with Gasteiger partial charge in [0.15, 0.2) is 5.78 Å². The number of nitrogens with one attached hydrogen (secondary N) is 1. The Bertz CT molecular complexity index is 684. The molecule has 1 heterocycles. The van der Waals surface area contributed by atoms with Crippen molar-refractivity contribution in [2.45, 2.75) is 26.2 Å². The number of hydrogen-bond donors (Lipinski definition) is 1. The lowest BCUT2D eigenvalue weighted by molar-refractivity contribution is -0.385. The number of aryl methyl sites for hydroxylation is 1. The maximum atomic E-state index is 12.2. The lowest BCUT2D eigenvalue weighted by Gasteiger charge is -2.08. The van der Waals surface area contributed by atoms with Crippen molar-refractivity contribution < 1.29 is 9.72 Å². The maximum Gasteiger partial charge on any atom is 0.280 e. The minimum absolute atomic E-state index is 0.122. The number of rotatable bonds is 3. The summed E-state index contributed by atoms with van der Waals surface area (Å²) in [6.07, 6.45) is 4.22. The van der Waals surface area contributed by atoms with Gasteiger partial charge in [0.05, 0.1) is 4.92 Å². The number of hydrogen-bond acceptors (Lipinski definition) is 4. The van der Waals surface area contributed by atoms with Crippen LogP contribution in [-0.4, -0.2) is 23.8 Å². The van der Waals surface area contributed by atoms with Crippen LogP contribution in [0.4, 0.5) is 5.69 Å². The molecular formula is C19H22N2O3. The summed E-state index contributed by atoms with van der Waals surface area (Å²) >= 11 is 0. The van der Waals surface area contributed by atoms with Crippen LogP contribution >= 0.6 is 0 Å². The highest BCUT2D eigenvalue weighted by Crippen LogP contribution is 2.23. The van der Waals surface area contributed by atoms with Crippen molar-refractivity contribution in [1.29, 1.82) is 0 Å². The summed E-state index contributed by atoms with van der Waals surface area (Å²) in [5, 5.41) is 14.2. The number of nitro groups is 1. The first-order valence-electron chi connectivity index (χ1n) is 8.15. The van der Waals surface area contributed by atoms with Crippen molar-refractivity contribution in [1.82, 2.24) is 5.32 Å². The second-order valence-electron chi connectivity index (χ2n) is 5.78. The average Bonchev–Trinajstić information content (AvgIpc) is 2.64. The number of nitro benzene ring substituents is 1. The van der Waals surface area contributed by atoms with Gasteiger partial charge in [-0.3, -0.25) is 14.9 Å². The normalized spacial score (nSPS) is 13.5. The quantitative estimate of drug-likeness (QED) is 0.527. The molecule has 5 heteroatoms. The average molecular weight is 326 g/mol. The largest absolute Gasteiger partial charge is 0.317 e. The first-order valence-corrected chi connectivity index (χ1v) is 8.15. The third kappa shape index (κ3) is 4.99. The third-order valence-electron chi connectivity index (χ3n) is 3.84. The summed E-state index contributed by atoms with van der Waals surface area (Å²) in [5.74, 6) is -0.331. The van der Waals surface area contributed by atoms with Crippen LogP contribution in [0.1, 0.15) is 40.7 Å². The Morgan fingerprint density at radius 2 is 1.71 bits per heavy atom. The van der Waals surface area contributed by atoms with Crippen molar-refractivity contribution in [3.63, 3.8) is 0 Å². The number of carbonyl (C=O) groups is 1. The zero-order chi connectivity index (χ0) is 17.4. The van der Waals surface area contributed by atoms with Gasteiger partial charge in [-0.2, -0.15) is 0 Å². The molecule has 0 aromatic heterocycles. The first-order chi connectivity index (χ1) is 11.6. The van der Waals surface area contributed by atoms with Crippen LogP contribution < -0.4 is 5.32 Å². The number of piperidine rings is 1. The molecular weight excluding hydrogens is 304 g/mol. The maximum absolute atomic E-state index is 12.2. The van der Waals surface area contributed by atoms with E-state index < -0.39 is 4.92 Å². The fourth-order valence-corrected chi connectivity index (χ4v) is 2.53. The van der Waals surface area contributed by atoms with Crippen LogP contribution in [0.15, 0.2) is 48.5 Å². The van der Waals surface area contributed by atoms with E-state index in [4.69, 9.17) is 0 Å². The molecule has 0 spiro atoms. The molecule has 1 N–H and O–H groups in total. The van der Waals surface area contributed by atoms with Crippen LogP contribution in [0.2, 0.25) is 0 Å². The summed E-state index contributed by atoms with van der Waals surface area (Å²) in [4.78, 5) is 22.6. The van der Waals surface area contributed by atoms with E-state index in [-0.39, 0.29) is 17.0 Å². The predicted octanol–water partition coefficient (Wildman–Crippen LogP) is 3.89. The minimum Gasteiger partial charge on any atom is -0.317 e. The van der Waals surface area contributed by atoms with E-state index in [9.17, 15) is 14.9 Å². The Balaban J connectivity index is 0.000000292. The molecule has 0 atom stereocenters. The van der Waals surface area contributed by atoms with Gasteiger partial charge < -0.3 is 5.32 Å². The van der Waals surface area contributed by atoms with Gasteiger partial charge in [-0.1, -0.05) is 42.8 Å². The van der Waals surface area contributed by atoms with Gasteiger partial charge in [-0.05, 0) is 44.5 Å². The molecule has 0 saturated carbocycles.